The van der Waals surface area contributed by atoms with Crippen LogP contribution < -0.4 is 4.90 Å². The van der Waals surface area contributed by atoms with Crippen molar-refractivity contribution in [2.24, 2.45) is 11.8 Å². The number of carbonyl (C=O) groups is 2. The van der Waals surface area contributed by atoms with Crippen molar-refractivity contribution in [3.63, 3.8) is 0 Å². The van der Waals surface area contributed by atoms with Crippen molar-refractivity contribution in [3.8, 4) is 0 Å². The molecule has 2 atom stereocenters. The number of hydrogen-bond donors (Lipinski definition) is 0. The molecular formula is C22H32N4O4S. The lowest BCUT2D eigenvalue weighted by molar-refractivity contribution is -0.384. The van der Waals surface area contributed by atoms with Gasteiger partial charge in [0.25, 0.3) is 5.69 Å². The number of hydrogen-bond acceptors (Lipinski definition) is 6. The van der Waals surface area contributed by atoms with E-state index < -0.39 is 11.0 Å². The van der Waals surface area contributed by atoms with Gasteiger partial charge in [-0.1, -0.05) is 27.7 Å². The van der Waals surface area contributed by atoms with Crippen LogP contribution in [0.3, 0.4) is 0 Å². The van der Waals surface area contributed by atoms with Crippen molar-refractivity contribution in [2.75, 3.05) is 36.8 Å². The average molecular weight is 449 g/mol. The lowest BCUT2D eigenvalue weighted by Crippen LogP contribution is -2.56. The molecule has 0 saturated carbocycles. The Morgan fingerprint density at radius 2 is 1.71 bits per heavy atom. The Kier molecular flexibility index (Phi) is 7.46. The number of anilines is 1. The summed E-state index contributed by atoms with van der Waals surface area (Å²) in [6.45, 7) is 10.6. The first kappa shape index (κ1) is 23.4. The Bertz CT molecular complexity index is 806. The van der Waals surface area contributed by atoms with Crippen LogP contribution in [0.15, 0.2) is 24.3 Å². The highest BCUT2D eigenvalue weighted by molar-refractivity contribution is 8.00. The second-order valence-electron chi connectivity index (χ2n) is 8.92. The molecule has 2 heterocycles. The Labute approximate surface area is 188 Å². The van der Waals surface area contributed by atoms with E-state index in [2.05, 4.69) is 18.7 Å². The van der Waals surface area contributed by atoms with Crippen LogP contribution in [-0.4, -0.2) is 69.9 Å². The molecule has 2 unspecified atom stereocenters. The number of carbonyl (C=O) groups excluding carboxylic acids is 2. The maximum absolute atomic E-state index is 13.4. The van der Waals surface area contributed by atoms with Crippen molar-refractivity contribution in [3.05, 3.63) is 34.4 Å². The molecule has 2 aliphatic rings. The van der Waals surface area contributed by atoms with Gasteiger partial charge in [-0.05, 0) is 24.5 Å². The molecule has 2 fully saturated rings. The van der Waals surface area contributed by atoms with Crippen LogP contribution in [0.25, 0.3) is 0 Å². The number of nitro groups is 1. The Balaban J connectivity index is 1.64. The normalized spacial score (nSPS) is 21.8. The molecule has 0 aromatic heterocycles. The standard InChI is InChI=1S/C22H32N4O4S/c1-15(2)13-20-25(21(27)16(3)4)19(14-31-20)22(28)24-11-9-23(10-12-24)17-5-7-18(8-6-17)26(29)30/h5-8,15-16,19-20H,9-14H2,1-4H3. The van der Waals surface area contributed by atoms with E-state index in [0.29, 0.717) is 37.8 Å². The summed E-state index contributed by atoms with van der Waals surface area (Å²) in [5, 5.41) is 10.9. The number of benzene rings is 1. The predicted molar refractivity (Wildman–Crippen MR) is 123 cm³/mol. The largest absolute Gasteiger partial charge is 0.368 e. The number of thioether (sulfide) groups is 1. The van der Waals surface area contributed by atoms with Gasteiger partial charge in [0.1, 0.15) is 6.04 Å². The van der Waals surface area contributed by atoms with E-state index >= 15 is 0 Å². The average Bonchev–Trinajstić information content (AvgIpc) is 3.15. The third kappa shape index (κ3) is 5.31. The molecule has 0 radical (unpaired) electrons. The van der Waals surface area contributed by atoms with E-state index in [0.717, 1.165) is 12.1 Å². The zero-order valence-corrected chi connectivity index (χ0v) is 19.5. The smallest absolute Gasteiger partial charge is 0.269 e. The second-order valence-corrected chi connectivity index (χ2v) is 10.1. The van der Waals surface area contributed by atoms with E-state index in [-0.39, 0.29) is 28.8 Å². The van der Waals surface area contributed by atoms with Gasteiger partial charge in [0.15, 0.2) is 0 Å². The lowest BCUT2D eigenvalue weighted by Gasteiger charge is -2.39. The summed E-state index contributed by atoms with van der Waals surface area (Å²) in [6, 6.07) is 6.13. The quantitative estimate of drug-likeness (QED) is 0.491. The predicted octanol–water partition coefficient (Wildman–Crippen LogP) is 3.22. The molecule has 1 aromatic carbocycles. The lowest BCUT2D eigenvalue weighted by atomic mass is 10.1. The van der Waals surface area contributed by atoms with E-state index in [4.69, 9.17) is 0 Å². The monoisotopic (exact) mass is 448 g/mol. The number of nitrogens with zero attached hydrogens (tertiary/aromatic N) is 4. The summed E-state index contributed by atoms with van der Waals surface area (Å²) in [4.78, 5) is 42.6. The molecule has 0 aliphatic carbocycles. The maximum atomic E-state index is 13.4. The molecule has 2 saturated heterocycles. The maximum Gasteiger partial charge on any atom is 0.269 e. The molecule has 170 valence electrons. The van der Waals surface area contributed by atoms with Crippen LogP contribution in [0.1, 0.15) is 34.1 Å². The SMILES string of the molecule is CC(C)CC1SCC(C(=O)N2CCN(c3ccc([N+](=O)[O-])cc3)CC2)N1C(=O)C(C)C. The molecular weight excluding hydrogens is 416 g/mol. The zero-order chi connectivity index (χ0) is 22.7. The minimum Gasteiger partial charge on any atom is -0.368 e. The van der Waals surface area contributed by atoms with Crippen molar-refractivity contribution in [2.45, 2.75) is 45.5 Å². The van der Waals surface area contributed by atoms with Gasteiger partial charge >= 0.3 is 0 Å². The molecule has 2 amide bonds. The summed E-state index contributed by atoms with van der Waals surface area (Å²) >= 11 is 1.72. The van der Waals surface area contributed by atoms with Crippen LogP contribution in [0.5, 0.6) is 0 Å². The summed E-state index contributed by atoms with van der Waals surface area (Å²) in [5.74, 6) is 1.06. The summed E-state index contributed by atoms with van der Waals surface area (Å²) in [6.07, 6.45) is 0.890. The molecule has 0 N–H and O–H groups in total. The van der Waals surface area contributed by atoms with E-state index in [9.17, 15) is 19.7 Å². The first-order valence-corrected chi connectivity index (χ1v) is 12.0. The van der Waals surface area contributed by atoms with Crippen LogP contribution in [-0.2, 0) is 9.59 Å². The Morgan fingerprint density at radius 3 is 2.23 bits per heavy atom. The minimum atomic E-state index is -0.406. The van der Waals surface area contributed by atoms with Gasteiger partial charge in [-0.2, -0.15) is 0 Å². The molecule has 1 aromatic rings. The third-order valence-electron chi connectivity index (χ3n) is 5.82. The number of piperazine rings is 1. The van der Waals surface area contributed by atoms with Crippen molar-refractivity contribution >= 4 is 35.0 Å². The Morgan fingerprint density at radius 1 is 1.10 bits per heavy atom. The molecule has 2 aliphatic heterocycles. The number of non-ortho nitro benzene ring substituents is 1. The van der Waals surface area contributed by atoms with Gasteiger partial charge in [-0.15, -0.1) is 11.8 Å². The first-order valence-electron chi connectivity index (χ1n) is 10.9. The van der Waals surface area contributed by atoms with Crippen molar-refractivity contribution in [1.29, 1.82) is 0 Å². The number of amides is 2. The van der Waals surface area contributed by atoms with E-state index in [1.54, 1.807) is 23.9 Å². The second kappa shape index (κ2) is 9.89. The van der Waals surface area contributed by atoms with Crippen LogP contribution >= 0.6 is 11.8 Å². The molecule has 8 nitrogen and oxygen atoms in total. The number of nitro benzene ring substituents is 1. The first-order chi connectivity index (χ1) is 14.7. The van der Waals surface area contributed by atoms with E-state index in [1.807, 2.05) is 23.6 Å². The van der Waals surface area contributed by atoms with Gasteiger partial charge < -0.3 is 14.7 Å². The van der Waals surface area contributed by atoms with Crippen molar-refractivity contribution in [1.82, 2.24) is 9.80 Å². The highest BCUT2D eigenvalue weighted by Crippen LogP contribution is 2.35. The summed E-state index contributed by atoms with van der Waals surface area (Å²) in [5.41, 5.74) is 0.991. The zero-order valence-electron chi connectivity index (χ0n) is 18.7. The summed E-state index contributed by atoms with van der Waals surface area (Å²) in [7, 11) is 0. The molecule has 0 spiro atoms. The van der Waals surface area contributed by atoms with Crippen LogP contribution in [0.4, 0.5) is 11.4 Å². The molecule has 31 heavy (non-hydrogen) atoms. The fourth-order valence-corrected chi connectivity index (χ4v) is 5.75. The van der Waals surface area contributed by atoms with Gasteiger partial charge in [-0.3, -0.25) is 19.7 Å². The van der Waals surface area contributed by atoms with Gasteiger partial charge in [-0.25, -0.2) is 0 Å². The highest BCUT2D eigenvalue weighted by atomic mass is 32.2. The van der Waals surface area contributed by atoms with Crippen LogP contribution in [0.2, 0.25) is 0 Å². The van der Waals surface area contributed by atoms with Gasteiger partial charge in [0.05, 0.1) is 10.3 Å². The molecule has 9 heteroatoms. The fourth-order valence-electron chi connectivity index (χ4n) is 4.11. The fraction of sp³-hybridized carbons (Fsp3) is 0.636. The van der Waals surface area contributed by atoms with Gasteiger partial charge in [0, 0.05) is 55.7 Å². The van der Waals surface area contributed by atoms with Gasteiger partial charge in [0.2, 0.25) is 11.8 Å². The summed E-state index contributed by atoms with van der Waals surface area (Å²) < 4.78 is 0. The minimum absolute atomic E-state index is 0.0381. The molecule has 3 rings (SSSR count). The molecule has 0 bridgehead atoms. The van der Waals surface area contributed by atoms with E-state index in [1.165, 1.54) is 12.1 Å². The topological polar surface area (TPSA) is 87.0 Å². The Hall–Kier alpha value is -2.29. The third-order valence-corrected chi connectivity index (χ3v) is 7.13. The number of rotatable bonds is 6. The van der Waals surface area contributed by atoms with Crippen LogP contribution in [0, 0.1) is 22.0 Å². The van der Waals surface area contributed by atoms with Crippen molar-refractivity contribution < 1.29 is 14.5 Å². The highest BCUT2D eigenvalue weighted by Gasteiger charge is 2.44.